The number of hydrogen-bond acceptors (Lipinski definition) is 3. The lowest BCUT2D eigenvalue weighted by atomic mass is 10.1. The summed E-state index contributed by atoms with van der Waals surface area (Å²) in [5.41, 5.74) is 7.00. The van der Waals surface area contributed by atoms with E-state index in [-0.39, 0.29) is 17.9 Å². The molecule has 0 saturated heterocycles. The Hall–Kier alpha value is -1.46. The van der Waals surface area contributed by atoms with Gasteiger partial charge in [-0.15, -0.1) is 11.3 Å². The SMILES string of the molecule is Cc1ccsc1C(Oc1ccc(F)c(F)c1)C(C)N. The van der Waals surface area contributed by atoms with Gasteiger partial charge in [0.1, 0.15) is 11.9 Å². The Balaban J connectivity index is 2.27. The molecule has 2 atom stereocenters. The lowest BCUT2D eigenvalue weighted by molar-refractivity contribution is 0.182. The van der Waals surface area contributed by atoms with Crippen molar-refractivity contribution >= 4 is 11.3 Å². The first kappa shape index (κ1) is 14.0. The van der Waals surface area contributed by atoms with Gasteiger partial charge < -0.3 is 10.5 Å². The topological polar surface area (TPSA) is 35.2 Å². The molecule has 2 rings (SSSR count). The van der Waals surface area contributed by atoms with E-state index in [1.807, 2.05) is 25.3 Å². The van der Waals surface area contributed by atoms with E-state index in [2.05, 4.69) is 0 Å². The third kappa shape index (κ3) is 3.11. The van der Waals surface area contributed by atoms with Crippen molar-refractivity contribution in [3.63, 3.8) is 0 Å². The Morgan fingerprint density at radius 2 is 1.95 bits per heavy atom. The minimum absolute atomic E-state index is 0.259. The first-order valence-corrected chi connectivity index (χ1v) is 6.78. The number of rotatable bonds is 4. The highest BCUT2D eigenvalue weighted by atomic mass is 32.1. The Morgan fingerprint density at radius 1 is 1.21 bits per heavy atom. The maximum atomic E-state index is 13.2. The summed E-state index contributed by atoms with van der Waals surface area (Å²) in [5.74, 6) is -1.55. The molecule has 0 fully saturated rings. The zero-order valence-corrected chi connectivity index (χ0v) is 11.5. The molecule has 0 aliphatic rings. The van der Waals surface area contributed by atoms with E-state index in [0.29, 0.717) is 0 Å². The van der Waals surface area contributed by atoms with Gasteiger partial charge in [0.25, 0.3) is 0 Å². The van der Waals surface area contributed by atoms with Crippen LogP contribution in [0.2, 0.25) is 0 Å². The smallest absolute Gasteiger partial charge is 0.162 e. The molecule has 2 N–H and O–H groups in total. The summed E-state index contributed by atoms with van der Waals surface area (Å²) in [5, 5.41) is 1.95. The van der Waals surface area contributed by atoms with Crippen molar-refractivity contribution < 1.29 is 13.5 Å². The lowest BCUT2D eigenvalue weighted by Gasteiger charge is -2.22. The molecule has 0 radical (unpaired) electrons. The summed E-state index contributed by atoms with van der Waals surface area (Å²) < 4.78 is 31.8. The van der Waals surface area contributed by atoms with Crippen LogP contribution in [0, 0.1) is 18.6 Å². The van der Waals surface area contributed by atoms with Gasteiger partial charge in [-0.3, -0.25) is 0 Å². The van der Waals surface area contributed by atoms with Crippen LogP contribution in [0.3, 0.4) is 0 Å². The molecule has 1 heterocycles. The quantitative estimate of drug-likeness (QED) is 0.926. The molecule has 2 aromatic rings. The van der Waals surface area contributed by atoms with E-state index in [9.17, 15) is 8.78 Å². The molecule has 5 heteroatoms. The zero-order chi connectivity index (χ0) is 14.0. The summed E-state index contributed by atoms with van der Waals surface area (Å²) >= 11 is 1.54. The monoisotopic (exact) mass is 283 g/mol. The van der Waals surface area contributed by atoms with Crippen molar-refractivity contribution in [1.82, 2.24) is 0 Å². The van der Waals surface area contributed by atoms with Crippen LogP contribution < -0.4 is 10.5 Å². The van der Waals surface area contributed by atoms with Gasteiger partial charge in [0.2, 0.25) is 0 Å². The standard InChI is InChI=1S/C14H15F2NOS/c1-8-5-6-19-14(8)13(9(2)17)18-10-3-4-11(15)12(16)7-10/h3-7,9,13H,17H2,1-2H3. The number of ether oxygens (including phenoxy) is 1. The van der Waals surface area contributed by atoms with Crippen molar-refractivity contribution in [2.45, 2.75) is 26.0 Å². The fraction of sp³-hybridized carbons (Fsp3) is 0.286. The minimum atomic E-state index is -0.927. The molecule has 0 aliphatic heterocycles. The normalized spacial score (nSPS) is 14.2. The predicted octanol–water partition coefficient (Wildman–Crippen LogP) is 3.80. The van der Waals surface area contributed by atoms with E-state index in [1.54, 1.807) is 0 Å². The van der Waals surface area contributed by atoms with Gasteiger partial charge in [-0.05, 0) is 43.0 Å². The first-order valence-electron chi connectivity index (χ1n) is 5.90. The molecular formula is C14H15F2NOS. The molecule has 2 nitrogen and oxygen atoms in total. The van der Waals surface area contributed by atoms with Gasteiger partial charge in [-0.1, -0.05) is 0 Å². The van der Waals surface area contributed by atoms with Crippen molar-refractivity contribution in [3.05, 3.63) is 51.7 Å². The third-order valence-electron chi connectivity index (χ3n) is 2.79. The van der Waals surface area contributed by atoms with E-state index in [4.69, 9.17) is 10.5 Å². The van der Waals surface area contributed by atoms with Crippen LogP contribution >= 0.6 is 11.3 Å². The average molecular weight is 283 g/mol. The fourth-order valence-corrected chi connectivity index (χ4v) is 2.84. The molecule has 1 aromatic heterocycles. The van der Waals surface area contributed by atoms with Crippen molar-refractivity contribution in [3.8, 4) is 5.75 Å². The fourth-order valence-electron chi connectivity index (χ4n) is 1.77. The number of nitrogens with two attached hydrogens (primary N) is 1. The Morgan fingerprint density at radius 3 is 2.47 bits per heavy atom. The average Bonchev–Trinajstić information content (AvgIpc) is 2.76. The summed E-state index contributed by atoms with van der Waals surface area (Å²) in [7, 11) is 0. The molecule has 19 heavy (non-hydrogen) atoms. The summed E-state index contributed by atoms with van der Waals surface area (Å²) in [6, 6.07) is 5.20. The molecule has 0 amide bonds. The maximum absolute atomic E-state index is 13.2. The highest BCUT2D eigenvalue weighted by Gasteiger charge is 2.22. The van der Waals surface area contributed by atoms with E-state index >= 15 is 0 Å². The van der Waals surface area contributed by atoms with Gasteiger partial charge in [-0.25, -0.2) is 8.78 Å². The van der Waals surface area contributed by atoms with Crippen molar-refractivity contribution in [2.75, 3.05) is 0 Å². The van der Waals surface area contributed by atoms with Crippen LogP contribution in [0.5, 0.6) is 5.75 Å². The molecule has 1 aromatic carbocycles. The van der Waals surface area contributed by atoms with Crippen LogP contribution in [0.1, 0.15) is 23.5 Å². The van der Waals surface area contributed by atoms with Crippen LogP contribution in [0.15, 0.2) is 29.6 Å². The molecule has 0 bridgehead atoms. The number of thiophene rings is 1. The second-order valence-electron chi connectivity index (χ2n) is 4.44. The highest BCUT2D eigenvalue weighted by Crippen LogP contribution is 2.30. The molecule has 0 spiro atoms. The van der Waals surface area contributed by atoms with E-state index < -0.39 is 11.6 Å². The van der Waals surface area contributed by atoms with Gasteiger partial charge in [0.15, 0.2) is 11.6 Å². The van der Waals surface area contributed by atoms with Crippen LogP contribution in [-0.2, 0) is 0 Å². The maximum Gasteiger partial charge on any atom is 0.162 e. The van der Waals surface area contributed by atoms with Crippen LogP contribution in [-0.4, -0.2) is 6.04 Å². The first-order chi connectivity index (χ1) is 8.99. The molecular weight excluding hydrogens is 268 g/mol. The van der Waals surface area contributed by atoms with Crippen LogP contribution in [0.25, 0.3) is 0 Å². The van der Waals surface area contributed by atoms with Gasteiger partial charge in [-0.2, -0.15) is 0 Å². The lowest BCUT2D eigenvalue weighted by Crippen LogP contribution is -2.28. The summed E-state index contributed by atoms with van der Waals surface area (Å²) in [4.78, 5) is 1.000. The van der Waals surface area contributed by atoms with Crippen LogP contribution in [0.4, 0.5) is 8.78 Å². The number of benzene rings is 1. The third-order valence-corrected chi connectivity index (χ3v) is 3.87. The Kier molecular flexibility index (Phi) is 4.17. The van der Waals surface area contributed by atoms with Gasteiger partial charge in [0, 0.05) is 17.0 Å². The van der Waals surface area contributed by atoms with Crippen molar-refractivity contribution in [1.29, 1.82) is 0 Å². The largest absolute Gasteiger partial charge is 0.483 e. The molecule has 102 valence electrons. The van der Waals surface area contributed by atoms with E-state index in [1.165, 1.54) is 17.4 Å². The molecule has 0 saturated carbocycles. The number of hydrogen-bond donors (Lipinski definition) is 1. The molecule has 2 unspecified atom stereocenters. The summed E-state index contributed by atoms with van der Waals surface area (Å²) in [6.07, 6.45) is -0.370. The number of aryl methyl sites for hydroxylation is 1. The number of halogens is 2. The van der Waals surface area contributed by atoms with Gasteiger partial charge >= 0.3 is 0 Å². The second-order valence-corrected chi connectivity index (χ2v) is 5.39. The van der Waals surface area contributed by atoms with E-state index in [0.717, 1.165) is 22.6 Å². The second kappa shape index (κ2) is 5.67. The summed E-state index contributed by atoms with van der Waals surface area (Å²) in [6.45, 7) is 3.79. The molecule has 0 aliphatic carbocycles. The highest BCUT2D eigenvalue weighted by molar-refractivity contribution is 7.10. The zero-order valence-electron chi connectivity index (χ0n) is 10.7. The van der Waals surface area contributed by atoms with Gasteiger partial charge in [0.05, 0.1) is 0 Å². The Bertz CT molecular complexity index is 568. The Labute approximate surface area is 114 Å². The minimum Gasteiger partial charge on any atom is -0.483 e. The predicted molar refractivity (Wildman–Crippen MR) is 72.4 cm³/mol. The van der Waals surface area contributed by atoms with Crippen molar-refractivity contribution in [2.24, 2.45) is 5.73 Å².